The molecule has 0 unspecified atom stereocenters. The van der Waals surface area contributed by atoms with Gasteiger partial charge in [0.1, 0.15) is 0 Å². The number of aromatic nitrogens is 1. The second-order valence-corrected chi connectivity index (χ2v) is 8.52. The number of nitrogens with zero attached hydrogens (tertiary/aromatic N) is 2. The van der Waals surface area contributed by atoms with Gasteiger partial charge in [-0.15, -0.1) is 11.3 Å². The molecule has 1 saturated heterocycles. The summed E-state index contributed by atoms with van der Waals surface area (Å²) in [5.74, 6) is 0.485. The Morgan fingerprint density at radius 3 is 2.96 bits per heavy atom. The Bertz CT molecular complexity index is 932. The summed E-state index contributed by atoms with van der Waals surface area (Å²) in [6.45, 7) is 6.39. The van der Waals surface area contributed by atoms with E-state index in [9.17, 15) is 4.79 Å². The molecule has 27 heavy (non-hydrogen) atoms. The highest BCUT2D eigenvalue weighted by Crippen LogP contribution is 2.32. The predicted molar refractivity (Wildman–Crippen MR) is 113 cm³/mol. The molecule has 2 heterocycles. The number of likely N-dealkylation sites (tertiary alicyclic amines) is 1. The number of piperidine rings is 1. The largest absolute Gasteiger partial charge is 0.325 e. The van der Waals surface area contributed by atoms with E-state index in [1.165, 1.54) is 9.71 Å². The summed E-state index contributed by atoms with van der Waals surface area (Å²) < 4.78 is 1.25. The van der Waals surface area contributed by atoms with Crippen LogP contribution >= 0.6 is 11.3 Å². The number of benzene rings is 2. The van der Waals surface area contributed by atoms with Crippen LogP contribution in [0.3, 0.4) is 0 Å². The Morgan fingerprint density at radius 2 is 2.11 bits per heavy atom. The third-order valence-electron chi connectivity index (χ3n) is 5.20. The molecule has 4 rings (SSSR count). The number of rotatable bonds is 4. The third-order valence-corrected chi connectivity index (χ3v) is 6.40. The van der Waals surface area contributed by atoms with E-state index in [0.717, 1.165) is 48.3 Å². The van der Waals surface area contributed by atoms with Gasteiger partial charge in [-0.1, -0.05) is 24.3 Å². The minimum Gasteiger partial charge on any atom is -0.325 e. The van der Waals surface area contributed by atoms with E-state index < -0.39 is 0 Å². The normalized spacial score (nSPS) is 17.9. The second-order valence-electron chi connectivity index (χ2n) is 7.46. The zero-order chi connectivity index (χ0) is 18.8. The Labute approximate surface area is 164 Å². The van der Waals surface area contributed by atoms with Gasteiger partial charge < -0.3 is 5.32 Å². The van der Waals surface area contributed by atoms with Crippen molar-refractivity contribution < 1.29 is 4.79 Å². The maximum atomic E-state index is 12.6. The van der Waals surface area contributed by atoms with E-state index in [-0.39, 0.29) is 5.91 Å². The lowest BCUT2D eigenvalue weighted by Crippen LogP contribution is -2.39. The molecule has 1 atom stereocenters. The summed E-state index contributed by atoms with van der Waals surface area (Å²) in [6, 6.07) is 14.5. The Balaban J connectivity index is 1.40. The first-order valence-electron chi connectivity index (χ1n) is 9.53. The van der Waals surface area contributed by atoms with E-state index in [1.54, 1.807) is 11.3 Å². The number of aryl methyl sites for hydroxylation is 2. The van der Waals surface area contributed by atoms with E-state index in [4.69, 9.17) is 4.98 Å². The fourth-order valence-corrected chi connectivity index (χ4v) is 4.82. The minimum atomic E-state index is 0.0636. The molecule has 5 heteroatoms. The molecule has 1 aliphatic heterocycles. The van der Waals surface area contributed by atoms with Crippen LogP contribution in [0, 0.1) is 13.8 Å². The Morgan fingerprint density at radius 1 is 1.26 bits per heavy atom. The van der Waals surface area contributed by atoms with Crippen LogP contribution in [0.15, 0.2) is 42.5 Å². The zero-order valence-corrected chi connectivity index (χ0v) is 16.7. The van der Waals surface area contributed by atoms with Crippen LogP contribution in [0.4, 0.5) is 5.69 Å². The highest BCUT2D eigenvalue weighted by Gasteiger charge is 2.25. The van der Waals surface area contributed by atoms with Gasteiger partial charge in [-0.05, 0) is 62.6 Å². The van der Waals surface area contributed by atoms with E-state index >= 15 is 0 Å². The van der Waals surface area contributed by atoms with Crippen molar-refractivity contribution >= 4 is 33.1 Å². The van der Waals surface area contributed by atoms with Crippen molar-refractivity contribution in [3.05, 3.63) is 58.6 Å². The molecule has 0 aliphatic carbocycles. The Hall–Kier alpha value is -2.24. The summed E-state index contributed by atoms with van der Waals surface area (Å²) in [6.07, 6.45) is 2.26. The summed E-state index contributed by atoms with van der Waals surface area (Å²) in [5.41, 5.74) is 4.26. The molecular weight excluding hydrogens is 354 g/mol. The fraction of sp³-hybridized carbons (Fsp3) is 0.364. The van der Waals surface area contributed by atoms with Crippen LogP contribution in [0.1, 0.15) is 34.9 Å². The van der Waals surface area contributed by atoms with Gasteiger partial charge in [0.25, 0.3) is 0 Å². The average molecular weight is 380 g/mol. The lowest BCUT2D eigenvalue weighted by molar-refractivity contribution is -0.117. The summed E-state index contributed by atoms with van der Waals surface area (Å²) in [5, 5.41) is 4.29. The van der Waals surface area contributed by atoms with Crippen molar-refractivity contribution in [2.45, 2.75) is 32.6 Å². The highest BCUT2D eigenvalue weighted by molar-refractivity contribution is 7.18. The number of nitrogens with one attached hydrogen (secondary N) is 1. The van der Waals surface area contributed by atoms with Crippen LogP contribution in [-0.2, 0) is 4.79 Å². The smallest absolute Gasteiger partial charge is 0.238 e. The number of anilines is 1. The number of para-hydroxylation sites is 1. The summed E-state index contributed by atoms with van der Waals surface area (Å²) >= 11 is 1.79. The van der Waals surface area contributed by atoms with E-state index in [2.05, 4.69) is 40.5 Å². The molecule has 1 aromatic heterocycles. The van der Waals surface area contributed by atoms with Crippen molar-refractivity contribution in [3.63, 3.8) is 0 Å². The molecule has 2 aromatic carbocycles. The lowest BCUT2D eigenvalue weighted by atomic mass is 9.99. The van der Waals surface area contributed by atoms with Crippen molar-refractivity contribution in [1.29, 1.82) is 0 Å². The molecule has 3 aromatic rings. The lowest BCUT2D eigenvalue weighted by Gasteiger charge is -2.31. The maximum Gasteiger partial charge on any atom is 0.238 e. The molecule has 1 amide bonds. The molecular formula is C22H25N3OS. The second kappa shape index (κ2) is 7.79. The van der Waals surface area contributed by atoms with Crippen LogP contribution in [0.2, 0.25) is 0 Å². The van der Waals surface area contributed by atoms with Crippen molar-refractivity contribution in [2.75, 3.05) is 25.0 Å². The molecule has 1 aliphatic rings. The first-order valence-corrected chi connectivity index (χ1v) is 10.3. The third kappa shape index (κ3) is 4.20. The van der Waals surface area contributed by atoms with E-state index in [1.807, 2.05) is 26.0 Å². The van der Waals surface area contributed by atoms with Gasteiger partial charge in [0, 0.05) is 18.2 Å². The van der Waals surface area contributed by atoms with Gasteiger partial charge >= 0.3 is 0 Å². The van der Waals surface area contributed by atoms with Gasteiger partial charge in [0.15, 0.2) is 0 Å². The fourth-order valence-electron chi connectivity index (χ4n) is 3.73. The minimum absolute atomic E-state index is 0.0636. The van der Waals surface area contributed by atoms with Gasteiger partial charge in [-0.25, -0.2) is 4.98 Å². The number of hydrogen-bond acceptors (Lipinski definition) is 4. The standard InChI is InChI=1S/C22H25N3OS/c1-15-9-10-16(2)19(12-15)23-21(26)14-25-11-5-6-17(13-25)22-24-18-7-3-4-8-20(18)27-22/h3-4,7-10,12,17H,5-6,11,13-14H2,1-2H3,(H,23,26)/t17-/m0/s1. The maximum absolute atomic E-state index is 12.6. The molecule has 4 nitrogen and oxygen atoms in total. The van der Waals surface area contributed by atoms with E-state index in [0.29, 0.717) is 12.5 Å². The predicted octanol–water partition coefficient (Wildman–Crippen LogP) is 4.73. The Kier molecular flexibility index (Phi) is 5.23. The number of thiazole rings is 1. The average Bonchev–Trinajstić information content (AvgIpc) is 3.09. The molecule has 1 fully saturated rings. The number of amides is 1. The summed E-state index contributed by atoms with van der Waals surface area (Å²) in [7, 11) is 0. The monoisotopic (exact) mass is 379 g/mol. The molecule has 140 valence electrons. The van der Waals surface area contributed by atoms with Gasteiger partial charge in [-0.2, -0.15) is 0 Å². The number of carbonyl (C=O) groups is 1. The number of carbonyl (C=O) groups excluding carboxylic acids is 1. The van der Waals surface area contributed by atoms with Crippen LogP contribution in [-0.4, -0.2) is 35.4 Å². The van der Waals surface area contributed by atoms with Gasteiger partial charge in [-0.3, -0.25) is 9.69 Å². The quantitative estimate of drug-likeness (QED) is 0.713. The first-order chi connectivity index (χ1) is 13.1. The highest BCUT2D eigenvalue weighted by atomic mass is 32.1. The van der Waals surface area contributed by atoms with Crippen LogP contribution < -0.4 is 5.32 Å². The van der Waals surface area contributed by atoms with Gasteiger partial charge in [0.05, 0.1) is 21.8 Å². The first kappa shape index (κ1) is 18.1. The molecule has 0 spiro atoms. The van der Waals surface area contributed by atoms with Crippen molar-refractivity contribution in [1.82, 2.24) is 9.88 Å². The number of fused-ring (bicyclic) bond motifs is 1. The molecule has 0 saturated carbocycles. The van der Waals surface area contributed by atoms with Gasteiger partial charge in [0.2, 0.25) is 5.91 Å². The van der Waals surface area contributed by atoms with Crippen LogP contribution in [0.5, 0.6) is 0 Å². The van der Waals surface area contributed by atoms with Crippen LogP contribution in [0.25, 0.3) is 10.2 Å². The number of hydrogen-bond donors (Lipinski definition) is 1. The SMILES string of the molecule is Cc1ccc(C)c(NC(=O)CN2CCC[C@H](c3nc4ccccc4s3)C2)c1. The topological polar surface area (TPSA) is 45.2 Å². The van der Waals surface area contributed by atoms with Crippen molar-refractivity contribution in [2.24, 2.45) is 0 Å². The molecule has 0 radical (unpaired) electrons. The molecule has 0 bridgehead atoms. The zero-order valence-electron chi connectivity index (χ0n) is 15.9. The van der Waals surface area contributed by atoms with Crippen molar-refractivity contribution in [3.8, 4) is 0 Å². The molecule has 1 N–H and O–H groups in total. The summed E-state index contributed by atoms with van der Waals surface area (Å²) in [4.78, 5) is 19.7.